The molecule has 1 aliphatic heterocycles. The molecule has 3 aromatic carbocycles. The maximum absolute atomic E-state index is 13.1. The van der Waals surface area contributed by atoms with Gasteiger partial charge in [-0.05, 0) is 61.5 Å². The van der Waals surface area contributed by atoms with Gasteiger partial charge >= 0.3 is 5.97 Å². The van der Waals surface area contributed by atoms with E-state index in [0.717, 1.165) is 44.8 Å². The monoisotopic (exact) mass is 533 g/mol. The van der Waals surface area contributed by atoms with Crippen molar-refractivity contribution >= 4 is 50.5 Å². The number of fused-ring (bicyclic) bond motifs is 1. The molecule has 180 valence electrons. The van der Waals surface area contributed by atoms with Crippen LogP contribution in [0.25, 0.3) is 11.3 Å². The number of hydrogen-bond acceptors (Lipinski definition) is 5. The summed E-state index contributed by atoms with van der Waals surface area (Å²) in [5.74, 6) is -0.388. The molecule has 0 saturated heterocycles. The highest BCUT2D eigenvalue weighted by Crippen LogP contribution is 2.39. The van der Waals surface area contributed by atoms with Crippen LogP contribution in [0.2, 0.25) is 0 Å². The first kappa shape index (κ1) is 24.7. The predicted molar refractivity (Wildman–Crippen MR) is 144 cm³/mol. The summed E-state index contributed by atoms with van der Waals surface area (Å²) in [5.41, 5.74) is 6.94. The van der Waals surface area contributed by atoms with Gasteiger partial charge in [-0.2, -0.15) is 0 Å². The van der Waals surface area contributed by atoms with Crippen molar-refractivity contribution in [3.05, 3.63) is 93.5 Å². The van der Waals surface area contributed by atoms with Crippen LogP contribution < -0.4 is 10.6 Å². The lowest BCUT2D eigenvalue weighted by Gasteiger charge is -2.16. The van der Waals surface area contributed by atoms with Crippen LogP contribution in [-0.4, -0.2) is 38.0 Å². The van der Waals surface area contributed by atoms with E-state index in [1.54, 1.807) is 0 Å². The number of anilines is 2. The molecule has 0 bridgehead atoms. The van der Waals surface area contributed by atoms with E-state index in [9.17, 15) is 9.59 Å². The van der Waals surface area contributed by atoms with Crippen molar-refractivity contribution < 1.29 is 14.3 Å². The van der Waals surface area contributed by atoms with Gasteiger partial charge in [-0.15, -0.1) is 0 Å². The van der Waals surface area contributed by atoms with Crippen molar-refractivity contribution in [1.29, 1.82) is 0 Å². The summed E-state index contributed by atoms with van der Waals surface area (Å²) in [6.45, 7) is 0.853. The fraction of sp³-hybridized carbons (Fsp3) is 0.214. The molecular formula is C28H28BrN3O3. The molecular weight excluding hydrogens is 506 g/mol. The zero-order valence-corrected chi connectivity index (χ0v) is 21.6. The molecule has 1 heterocycles. The number of halogens is 1. The maximum atomic E-state index is 13.1. The minimum Gasteiger partial charge on any atom is -0.469 e. The normalized spacial score (nSPS) is 13.9. The van der Waals surface area contributed by atoms with E-state index in [1.807, 2.05) is 68.7 Å². The molecule has 4 rings (SSSR count). The van der Waals surface area contributed by atoms with Gasteiger partial charge in [0.25, 0.3) is 5.91 Å². The molecule has 0 atom stereocenters. The number of carbonyl (C=O) groups is 2. The van der Waals surface area contributed by atoms with E-state index in [4.69, 9.17) is 4.74 Å². The highest BCUT2D eigenvalue weighted by atomic mass is 79.9. The van der Waals surface area contributed by atoms with Gasteiger partial charge in [0.05, 0.1) is 24.1 Å². The van der Waals surface area contributed by atoms with Crippen molar-refractivity contribution in [3.8, 4) is 0 Å². The summed E-state index contributed by atoms with van der Waals surface area (Å²) in [7, 11) is 5.47. The quantitative estimate of drug-likeness (QED) is 0.293. The number of methoxy groups -OCH3 is 1. The fourth-order valence-corrected chi connectivity index (χ4v) is 4.42. The number of rotatable bonds is 8. The lowest BCUT2D eigenvalue weighted by atomic mass is 9.98. The number of benzene rings is 3. The molecule has 35 heavy (non-hydrogen) atoms. The molecule has 3 aromatic rings. The molecule has 7 heteroatoms. The Kier molecular flexibility index (Phi) is 7.68. The first-order chi connectivity index (χ1) is 16.8. The number of carbonyl (C=O) groups excluding carboxylic acids is 2. The largest absolute Gasteiger partial charge is 0.469 e. The number of esters is 1. The van der Waals surface area contributed by atoms with Gasteiger partial charge in [0, 0.05) is 28.7 Å². The molecule has 2 N–H and O–H groups in total. The fourth-order valence-electron chi connectivity index (χ4n) is 4.06. The number of nitrogens with one attached hydrogen (secondary N) is 2. The Morgan fingerprint density at radius 3 is 2.34 bits per heavy atom. The number of nitrogens with zero attached hydrogens (tertiary/aromatic N) is 1. The Bertz CT molecular complexity index is 1270. The standard InChI is InChI=1S/C28H28BrN3O3/c1-32(2)17-19-6-12-22(13-7-19)30-27(20-9-4-18(5-10-20)8-15-25(33)35-3)26-23-14-11-21(29)16-24(23)31-28(26)34/h4-7,9-14,16,30H,8,15,17H2,1-3H3,(H,31,34)/b27-26-. The molecule has 1 amide bonds. The third-order valence-electron chi connectivity index (χ3n) is 5.79. The number of ether oxygens (including phenoxy) is 1. The highest BCUT2D eigenvalue weighted by Gasteiger charge is 2.28. The minimum atomic E-state index is -0.235. The van der Waals surface area contributed by atoms with Crippen LogP contribution in [0.5, 0.6) is 0 Å². The molecule has 0 radical (unpaired) electrons. The summed E-state index contributed by atoms with van der Waals surface area (Å²) in [4.78, 5) is 26.7. The molecule has 0 aliphatic carbocycles. The highest BCUT2D eigenvalue weighted by molar-refractivity contribution is 9.10. The number of amides is 1. The van der Waals surface area contributed by atoms with E-state index < -0.39 is 0 Å². The summed E-state index contributed by atoms with van der Waals surface area (Å²) < 4.78 is 5.65. The van der Waals surface area contributed by atoms with E-state index in [0.29, 0.717) is 18.4 Å². The second-order valence-electron chi connectivity index (χ2n) is 8.73. The van der Waals surface area contributed by atoms with Gasteiger partial charge in [-0.1, -0.05) is 58.4 Å². The number of aryl methyl sites for hydroxylation is 1. The molecule has 0 unspecified atom stereocenters. The SMILES string of the molecule is COC(=O)CCc1ccc(/C(Nc2ccc(CN(C)C)cc2)=C2/C(=O)Nc3cc(Br)ccc32)cc1. The zero-order valence-electron chi connectivity index (χ0n) is 20.0. The van der Waals surface area contributed by atoms with Gasteiger partial charge in [-0.25, -0.2) is 0 Å². The molecule has 0 aromatic heterocycles. The summed E-state index contributed by atoms with van der Waals surface area (Å²) >= 11 is 3.48. The van der Waals surface area contributed by atoms with Gasteiger partial charge in [-0.3, -0.25) is 9.59 Å². The molecule has 0 saturated carbocycles. The smallest absolute Gasteiger partial charge is 0.305 e. The second-order valence-corrected chi connectivity index (χ2v) is 9.64. The zero-order chi connectivity index (χ0) is 24.9. The van der Waals surface area contributed by atoms with E-state index in [2.05, 4.69) is 43.6 Å². The van der Waals surface area contributed by atoms with Crippen molar-refractivity contribution in [2.45, 2.75) is 19.4 Å². The first-order valence-corrected chi connectivity index (χ1v) is 12.2. The van der Waals surface area contributed by atoms with E-state index in [-0.39, 0.29) is 11.9 Å². The topological polar surface area (TPSA) is 70.7 Å². The summed E-state index contributed by atoms with van der Waals surface area (Å²) in [5, 5.41) is 6.48. The summed E-state index contributed by atoms with van der Waals surface area (Å²) in [6.07, 6.45) is 0.920. The predicted octanol–water partition coefficient (Wildman–Crippen LogP) is 5.55. The maximum Gasteiger partial charge on any atom is 0.305 e. The van der Waals surface area contributed by atoms with Gasteiger partial charge in [0.15, 0.2) is 0 Å². The van der Waals surface area contributed by atoms with Crippen LogP contribution in [0, 0.1) is 0 Å². The average Bonchev–Trinajstić information content (AvgIpc) is 3.16. The molecule has 0 fully saturated rings. The second kappa shape index (κ2) is 10.9. The third-order valence-corrected chi connectivity index (χ3v) is 6.28. The lowest BCUT2D eigenvalue weighted by Crippen LogP contribution is -2.11. The van der Waals surface area contributed by atoms with Crippen molar-refractivity contribution in [2.75, 3.05) is 31.8 Å². The van der Waals surface area contributed by atoms with Gasteiger partial charge < -0.3 is 20.3 Å². The van der Waals surface area contributed by atoms with Crippen LogP contribution in [0.4, 0.5) is 11.4 Å². The van der Waals surface area contributed by atoms with Crippen LogP contribution in [-0.2, 0) is 27.3 Å². The Balaban J connectivity index is 1.72. The van der Waals surface area contributed by atoms with E-state index >= 15 is 0 Å². The van der Waals surface area contributed by atoms with Crippen LogP contribution >= 0.6 is 15.9 Å². The minimum absolute atomic E-state index is 0.153. The Labute approximate surface area is 214 Å². The van der Waals surface area contributed by atoms with Crippen molar-refractivity contribution in [1.82, 2.24) is 4.90 Å². The third kappa shape index (κ3) is 5.99. The van der Waals surface area contributed by atoms with Gasteiger partial charge in [0.2, 0.25) is 0 Å². The first-order valence-electron chi connectivity index (χ1n) is 11.4. The molecule has 0 spiro atoms. The molecule has 1 aliphatic rings. The Morgan fingerprint density at radius 2 is 1.69 bits per heavy atom. The van der Waals surface area contributed by atoms with Crippen LogP contribution in [0.3, 0.4) is 0 Å². The number of hydrogen-bond donors (Lipinski definition) is 2. The lowest BCUT2D eigenvalue weighted by molar-refractivity contribution is -0.140. The van der Waals surface area contributed by atoms with Crippen molar-refractivity contribution in [2.24, 2.45) is 0 Å². The van der Waals surface area contributed by atoms with Crippen LogP contribution in [0.1, 0.15) is 28.7 Å². The summed E-state index contributed by atoms with van der Waals surface area (Å²) in [6, 6.07) is 21.9. The Morgan fingerprint density at radius 1 is 1.00 bits per heavy atom. The Hall–Kier alpha value is -3.42. The van der Waals surface area contributed by atoms with Crippen molar-refractivity contribution in [3.63, 3.8) is 0 Å². The van der Waals surface area contributed by atoms with Gasteiger partial charge in [0.1, 0.15) is 0 Å². The average molecular weight is 534 g/mol. The van der Waals surface area contributed by atoms with E-state index in [1.165, 1.54) is 12.7 Å². The molecule has 6 nitrogen and oxygen atoms in total. The van der Waals surface area contributed by atoms with Crippen LogP contribution in [0.15, 0.2) is 71.2 Å².